The van der Waals surface area contributed by atoms with Gasteiger partial charge >= 0.3 is 5.97 Å². The fourth-order valence-electron chi connectivity index (χ4n) is 2.10. The number of aromatic carboxylic acids is 1. The minimum Gasteiger partial charge on any atom is -0.497 e. The number of benzene rings is 1. The van der Waals surface area contributed by atoms with E-state index < -0.39 is 5.97 Å². The molecule has 1 aromatic carbocycles. The van der Waals surface area contributed by atoms with Gasteiger partial charge in [-0.3, -0.25) is 0 Å². The highest BCUT2D eigenvalue weighted by Gasteiger charge is 2.23. The van der Waals surface area contributed by atoms with Crippen LogP contribution in [0.3, 0.4) is 0 Å². The number of hydrogen-bond donors (Lipinski definition) is 1. The molecule has 0 amide bonds. The van der Waals surface area contributed by atoms with Crippen molar-refractivity contribution in [1.29, 1.82) is 0 Å². The first-order valence-corrected chi connectivity index (χ1v) is 7.84. The number of carbonyl (C=O) groups is 1. The highest BCUT2D eigenvalue weighted by atomic mass is 79.9. The summed E-state index contributed by atoms with van der Waals surface area (Å²) in [5.74, 6) is 0.669. The number of furan rings is 1. The molecule has 124 valence electrons. The Balaban J connectivity index is 2.29. The molecule has 0 radical (unpaired) electrons. The van der Waals surface area contributed by atoms with Crippen LogP contribution in [0.1, 0.15) is 42.6 Å². The van der Waals surface area contributed by atoms with Gasteiger partial charge in [0.25, 0.3) is 0 Å². The van der Waals surface area contributed by atoms with E-state index in [4.69, 9.17) is 19.0 Å². The van der Waals surface area contributed by atoms with Crippen LogP contribution in [0.2, 0.25) is 0 Å². The van der Waals surface area contributed by atoms with Crippen molar-refractivity contribution in [1.82, 2.24) is 0 Å². The predicted octanol–water partition coefficient (Wildman–Crippen LogP) is 4.63. The van der Waals surface area contributed by atoms with Crippen LogP contribution in [0, 0.1) is 0 Å². The number of methoxy groups -OCH3 is 1. The van der Waals surface area contributed by atoms with Gasteiger partial charge in [-0.05, 0) is 45.6 Å². The monoisotopic (exact) mass is 382 g/mol. The van der Waals surface area contributed by atoms with E-state index in [2.05, 4.69) is 36.7 Å². The van der Waals surface area contributed by atoms with Crippen molar-refractivity contribution < 1.29 is 23.8 Å². The zero-order valence-electron chi connectivity index (χ0n) is 13.5. The molecule has 0 bridgehead atoms. The predicted molar refractivity (Wildman–Crippen MR) is 89.4 cm³/mol. The molecule has 0 unspecified atom stereocenters. The molecule has 0 spiro atoms. The number of carboxylic acid groups (broad SMARTS) is 1. The number of hydrogen-bond acceptors (Lipinski definition) is 4. The van der Waals surface area contributed by atoms with E-state index in [0.29, 0.717) is 11.5 Å². The average Bonchev–Trinajstić information content (AvgIpc) is 2.93. The normalized spacial score (nSPS) is 11.3. The van der Waals surface area contributed by atoms with Crippen molar-refractivity contribution in [2.24, 2.45) is 0 Å². The SMILES string of the molecule is COc1cc(Br)c(OCc2ccc(C(=O)O)o2)c(C(C)(C)C)c1. The van der Waals surface area contributed by atoms with E-state index in [9.17, 15) is 4.79 Å². The number of rotatable bonds is 5. The Labute approximate surface area is 143 Å². The molecule has 0 fully saturated rings. The molecule has 0 aliphatic carbocycles. The first-order valence-electron chi connectivity index (χ1n) is 7.05. The summed E-state index contributed by atoms with van der Waals surface area (Å²) in [6.45, 7) is 6.38. The van der Waals surface area contributed by atoms with Gasteiger partial charge in [0.15, 0.2) is 0 Å². The molecule has 5 nitrogen and oxygen atoms in total. The van der Waals surface area contributed by atoms with Crippen molar-refractivity contribution in [3.05, 3.63) is 45.8 Å². The summed E-state index contributed by atoms with van der Waals surface area (Å²) in [6.07, 6.45) is 0. The minimum absolute atomic E-state index is 0.103. The van der Waals surface area contributed by atoms with E-state index in [1.165, 1.54) is 6.07 Å². The molecule has 0 aliphatic heterocycles. The number of ether oxygens (including phenoxy) is 2. The first kappa shape index (κ1) is 17.4. The summed E-state index contributed by atoms with van der Waals surface area (Å²) < 4.78 is 17.2. The Morgan fingerprint density at radius 3 is 2.52 bits per heavy atom. The van der Waals surface area contributed by atoms with Crippen LogP contribution in [-0.2, 0) is 12.0 Å². The summed E-state index contributed by atoms with van der Waals surface area (Å²) in [6, 6.07) is 6.77. The minimum atomic E-state index is -1.10. The maximum absolute atomic E-state index is 10.8. The first-order chi connectivity index (χ1) is 10.7. The zero-order chi connectivity index (χ0) is 17.2. The molecule has 1 heterocycles. The van der Waals surface area contributed by atoms with Crippen LogP contribution >= 0.6 is 15.9 Å². The van der Waals surface area contributed by atoms with Gasteiger partial charge in [-0.2, -0.15) is 0 Å². The lowest BCUT2D eigenvalue weighted by molar-refractivity contribution is 0.0658. The third-order valence-electron chi connectivity index (χ3n) is 3.29. The molecule has 0 aliphatic rings. The Kier molecular flexibility index (Phi) is 5.04. The van der Waals surface area contributed by atoms with Gasteiger partial charge in [-0.15, -0.1) is 0 Å². The summed E-state index contributed by atoms with van der Waals surface area (Å²) in [5, 5.41) is 8.88. The largest absolute Gasteiger partial charge is 0.497 e. The van der Waals surface area contributed by atoms with Crippen LogP contribution in [0.5, 0.6) is 11.5 Å². The van der Waals surface area contributed by atoms with E-state index in [0.717, 1.165) is 15.8 Å². The Morgan fingerprint density at radius 2 is 2.00 bits per heavy atom. The quantitative estimate of drug-likeness (QED) is 0.816. The summed E-state index contributed by atoms with van der Waals surface area (Å²) in [4.78, 5) is 10.8. The number of carboxylic acids is 1. The van der Waals surface area contributed by atoms with Crippen molar-refractivity contribution in [3.63, 3.8) is 0 Å². The van der Waals surface area contributed by atoms with Crippen molar-refractivity contribution >= 4 is 21.9 Å². The second-order valence-electron chi connectivity index (χ2n) is 6.10. The van der Waals surface area contributed by atoms with E-state index in [-0.39, 0.29) is 17.8 Å². The lowest BCUT2D eigenvalue weighted by Crippen LogP contribution is -2.14. The highest BCUT2D eigenvalue weighted by Crippen LogP contribution is 2.40. The molecule has 6 heteroatoms. The Hall–Kier alpha value is -1.95. The van der Waals surface area contributed by atoms with Crippen molar-refractivity contribution in [2.75, 3.05) is 7.11 Å². The van der Waals surface area contributed by atoms with Gasteiger partial charge in [0.1, 0.15) is 23.9 Å². The van der Waals surface area contributed by atoms with E-state index in [1.54, 1.807) is 13.2 Å². The lowest BCUT2D eigenvalue weighted by Gasteiger charge is -2.24. The van der Waals surface area contributed by atoms with Crippen LogP contribution in [0.25, 0.3) is 0 Å². The molecule has 0 saturated heterocycles. The third kappa shape index (κ3) is 4.07. The third-order valence-corrected chi connectivity index (χ3v) is 3.88. The molecule has 0 saturated carbocycles. The van der Waals surface area contributed by atoms with Crippen molar-refractivity contribution in [3.8, 4) is 11.5 Å². The smallest absolute Gasteiger partial charge is 0.371 e. The lowest BCUT2D eigenvalue weighted by atomic mass is 9.86. The molecular formula is C17H19BrO5. The van der Waals surface area contributed by atoms with Crippen LogP contribution in [0.15, 0.2) is 33.2 Å². The van der Waals surface area contributed by atoms with Crippen LogP contribution < -0.4 is 9.47 Å². The maximum Gasteiger partial charge on any atom is 0.371 e. The fourth-order valence-corrected chi connectivity index (χ4v) is 2.66. The second kappa shape index (κ2) is 6.66. The standard InChI is InChI=1S/C17H19BrO5/c1-17(2,3)12-7-11(21-4)8-13(18)15(12)22-9-10-5-6-14(23-10)16(19)20/h5-8H,9H2,1-4H3,(H,19,20). The van der Waals surface area contributed by atoms with Gasteiger partial charge in [-0.1, -0.05) is 20.8 Å². The van der Waals surface area contributed by atoms with Gasteiger partial charge in [0.2, 0.25) is 5.76 Å². The molecular weight excluding hydrogens is 364 g/mol. The van der Waals surface area contributed by atoms with E-state index >= 15 is 0 Å². The zero-order valence-corrected chi connectivity index (χ0v) is 15.1. The maximum atomic E-state index is 10.8. The second-order valence-corrected chi connectivity index (χ2v) is 6.95. The molecule has 23 heavy (non-hydrogen) atoms. The van der Waals surface area contributed by atoms with Crippen LogP contribution in [-0.4, -0.2) is 18.2 Å². The summed E-state index contributed by atoms with van der Waals surface area (Å²) >= 11 is 3.50. The van der Waals surface area contributed by atoms with Crippen molar-refractivity contribution in [2.45, 2.75) is 32.8 Å². The fraction of sp³-hybridized carbons (Fsp3) is 0.353. The summed E-state index contributed by atoms with van der Waals surface area (Å²) in [5.41, 5.74) is 0.829. The molecule has 0 atom stereocenters. The van der Waals surface area contributed by atoms with Gasteiger partial charge in [0.05, 0.1) is 11.6 Å². The van der Waals surface area contributed by atoms with Crippen LogP contribution in [0.4, 0.5) is 0 Å². The molecule has 2 aromatic rings. The Morgan fingerprint density at radius 1 is 1.30 bits per heavy atom. The molecule has 1 N–H and O–H groups in total. The van der Waals surface area contributed by atoms with E-state index in [1.807, 2.05) is 12.1 Å². The number of halogens is 1. The van der Waals surface area contributed by atoms with Gasteiger partial charge in [-0.25, -0.2) is 4.79 Å². The molecule has 2 rings (SSSR count). The Bertz CT molecular complexity index is 712. The average molecular weight is 383 g/mol. The topological polar surface area (TPSA) is 68.9 Å². The van der Waals surface area contributed by atoms with Gasteiger partial charge in [0, 0.05) is 5.56 Å². The molecule has 1 aromatic heterocycles. The highest BCUT2D eigenvalue weighted by molar-refractivity contribution is 9.10. The van der Waals surface area contributed by atoms with Gasteiger partial charge < -0.3 is 19.0 Å². The summed E-state index contributed by atoms with van der Waals surface area (Å²) in [7, 11) is 1.62.